The fraction of sp³-hybridized carbons (Fsp3) is 0.385. The number of carbonyl (C=O) groups excluding carboxylic acids is 1. The molecule has 2 aromatic heterocycles. The van der Waals surface area contributed by atoms with Crippen LogP contribution in [0.1, 0.15) is 35.2 Å². The quantitative estimate of drug-likeness (QED) is 0.791. The molecule has 0 aromatic carbocycles. The van der Waals surface area contributed by atoms with Crippen molar-refractivity contribution < 1.29 is 9.53 Å². The van der Waals surface area contributed by atoms with E-state index in [0.29, 0.717) is 17.0 Å². The van der Waals surface area contributed by atoms with Crippen molar-refractivity contribution >= 4 is 17.3 Å². The molecule has 0 bridgehead atoms. The summed E-state index contributed by atoms with van der Waals surface area (Å²) in [4.78, 5) is 16.3. The van der Waals surface area contributed by atoms with Crippen LogP contribution in [-0.4, -0.2) is 29.0 Å². The number of esters is 1. The number of aromatic nitrogens is 2. The predicted octanol–water partition coefficient (Wildman–Crippen LogP) is 1.13. The topological polar surface area (TPSA) is 81.6 Å². The molecule has 2 aromatic rings. The molecule has 3 heterocycles. The number of pyridine rings is 1. The van der Waals surface area contributed by atoms with Gasteiger partial charge >= 0.3 is 5.97 Å². The Balaban J connectivity index is 2.23. The second-order valence-corrected chi connectivity index (χ2v) is 4.63. The lowest BCUT2D eigenvalue weighted by Gasteiger charge is -2.10. The molecule has 19 heavy (non-hydrogen) atoms. The molecule has 1 saturated heterocycles. The van der Waals surface area contributed by atoms with Crippen LogP contribution in [0, 0.1) is 0 Å². The summed E-state index contributed by atoms with van der Waals surface area (Å²) in [6.45, 7) is 0.958. The van der Waals surface area contributed by atoms with Gasteiger partial charge in [-0.05, 0) is 31.5 Å². The molecule has 100 valence electrons. The summed E-state index contributed by atoms with van der Waals surface area (Å²) in [6, 6.07) is 5.57. The maximum absolute atomic E-state index is 11.8. The Kier molecular flexibility index (Phi) is 2.87. The molecule has 3 N–H and O–H groups in total. The Hall–Kier alpha value is -2.08. The number of nitrogens with two attached hydrogens (primary N) is 1. The Bertz CT molecular complexity index is 629. The second kappa shape index (κ2) is 4.55. The number of imidazole rings is 1. The van der Waals surface area contributed by atoms with Crippen LogP contribution in [0.4, 0.5) is 5.82 Å². The first-order valence-corrected chi connectivity index (χ1v) is 6.31. The zero-order valence-corrected chi connectivity index (χ0v) is 10.7. The van der Waals surface area contributed by atoms with Crippen LogP contribution in [0.15, 0.2) is 18.2 Å². The van der Waals surface area contributed by atoms with Crippen molar-refractivity contribution in [1.29, 1.82) is 0 Å². The van der Waals surface area contributed by atoms with Gasteiger partial charge in [-0.25, -0.2) is 9.78 Å². The van der Waals surface area contributed by atoms with Crippen LogP contribution < -0.4 is 11.1 Å². The molecule has 6 heteroatoms. The largest absolute Gasteiger partial charge is 0.464 e. The van der Waals surface area contributed by atoms with Crippen LogP contribution in [0.2, 0.25) is 0 Å². The standard InChI is InChI=1S/C13H16N4O2/c1-19-13(18)11-9-5-2-6-10(14)17(9)12(16-11)8-4-3-7-15-8/h2,5-6,8,15H,3-4,7,14H2,1H3. The molecule has 1 aliphatic heterocycles. The maximum atomic E-state index is 11.8. The number of hydrogen-bond donors (Lipinski definition) is 2. The summed E-state index contributed by atoms with van der Waals surface area (Å²) in [6.07, 6.45) is 2.09. The minimum Gasteiger partial charge on any atom is -0.464 e. The van der Waals surface area contributed by atoms with Crippen molar-refractivity contribution in [2.75, 3.05) is 19.4 Å². The lowest BCUT2D eigenvalue weighted by Crippen LogP contribution is -2.16. The summed E-state index contributed by atoms with van der Waals surface area (Å²) >= 11 is 0. The molecule has 1 atom stereocenters. The van der Waals surface area contributed by atoms with Gasteiger partial charge in [0.25, 0.3) is 0 Å². The molecule has 0 radical (unpaired) electrons. The highest BCUT2D eigenvalue weighted by Gasteiger charge is 2.26. The van der Waals surface area contributed by atoms with Gasteiger partial charge in [0.1, 0.15) is 11.6 Å². The van der Waals surface area contributed by atoms with Crippen molar-refractivity contribution in [3.05, 3.63) is 29.7 Å². The zero-order valence-electron chi connectivity index (χ0n) is 10.7. The fourth-order valence-electron chi connectivity index (χ4n) is 2.57. The third kappa shape index (κ3) is 1.84. The number of anilines is 1. The van der Waals surface area contributed by atoms with Gasteiger partial charge < -0.3 is 15.8 Å². The first-order valence-electron chi connectivity index (χ1n) is 6.31. The van der Waals surface area contributed by atoms with E-state index >= 15 is 0 Å². The van der Waals surface area contributed by atoms with E-state index in [-0.39, 0.29) is 6.04 Å². The lowest BCUT2D eigenvalue weighted by atomic mass is 10.2. The van der Waals surface area contributed by atoms with E-state index in [4.69, 9.17) is 10.5 Å². The van der Waals surface area contributed by atoms with E-state index in [1.54, 1.807) is 6.07 Å². The number of ether oxygens (including phenoxy) is 1. The number of methoxy groups -OCH3 is 1. The molecule has 6 nitrogen and oxygen atoms in total. The number of nitrogen functional groups attached to an aromatic ring is 1. The average Bonchev–Trinajstić information content (AvgIpc) is 3.05. The monoisotopic (exact) mass is 260 g/mol. The summed E-state index contributed by atoms with van der Waals surface area (Å²) in [5.74, 6) is 0.919. The molecule has 3 rings (SSSR count). The smallest absolute Gasteiger partial charge is 0.358 e. The fourth-order valence-corrected chi connectivity index (χ4v) is 2.57. The molecule has 0 amide bonds. The molecule has 1 aliphatic rings. The molecular weight excluding hydrogens is 244 g/mol. The Morgan fingerprint density at radius 3 is 3.11 bits per heavy atom. The van der Waals surface area contributed by atoms with Crippen LogP contribution in [-0.2, 0) is 4.74 Å². The second-order valence-electron chi connectivity index (χ2n) is 4.63. The normalized spacial score (nSPS) is 18.9. The van der Waals surface area contributed by atoms with Crippen molar-refractivity contribution in [2.24, 2.45) is 0 Å². The van der Waals surface area contributed by atoms with Gasteiger partial charge in [-0.15, -0.1) is 0 Å². The Labute approximate surface area is 110 Å². The average molecular weight is 260 g/mol. The summed E-state index contributed by atoms with van der Waals surface area (Å²) in [5.41, 5.74) is 7.03. The number of nitrogens with zero attached hydrogens (tertiary/aromatic N) is 2. The van der Waals surface area contributed by atoms with E-state index < -0.39 is 5.97 Å². The van der Waals surface area contributed by atoms with Gasteiger partial charge in [0.15, 0.2) is 5.69 Å². The highest BCUT2D eigenvalue weighted by Crippen LogP contribution is 2.27. The molecule has 1 unspecified atom stereocenters. The van der Waals surface area contributed by atoms with E-state index in [0.717, 1.165) is 25.2 Å². The third-order valence-electron chi connectivity index (χ3n) is 3.47. The summed E-state index contributed by atoms with van der Waals surface area (Å²) < 4.78 is 6.61. The van der Waals surface area contributed by atoms with Crippen LogP contribution >= 0.6 is 0 Å². The van der Waals surface area contributed by atoms with E-state index in [2.05, 4.69) is 10.3 Å². The van der Waals surface area contributed by atoms with Crippen molar-refractivity contribution in [2.45, 2.75) is 18.9 Å². The first kappa shape index (κ1) is 12.0. The van der Waals surface area contributed by atoms with Gasteiger partial charge in [0.05, 0.1) is 18.7 Å². The molecule has 0 saturated carbocycles. The van der Waals surface area contributed by atoms with Crippen molar-refractivity contribution in [3.63, 3.8) is 0 Å². The number of carbonyl (C=O) groups is 1. The minimum absolute atomic E-state index is 0.135. The van der Waals surface area contributed by atoms with Crippen LogP contribution in [0.5, 0.6) is 0 Å². The Morgan fingerprint density at radius 1 is 1.58 bits per heavy atom. The van der Waals surface area contributed by atoms with Gasteiger partial charge in [0.2, 0.25) is 0 Å². The molecule has 0 spiro atoms. The number of fused-ring (bicyclic) bond motifs is 1. The Morgan fingerprint density at radius 2 is 2.42 bits per heavy atom. The SMILES string of the molecule is COC(=O)c1nc(C2CCCN2)n2c(N)cccc12. The van der Waals surface area contributed by atoms with Gasteiger partial charge in [0, 0.05) is 0 Å². The lowest BCUT2D eigenvalue weighted by molar-refractivity contribution is 0.0596. The predicted molar refractivity (Wildman–Crippen MR) is 70.9 cm³/mol. The van der Waals surface area contributed by atoms with Crippen LogP contribution in [0.3, 0.4) is 0 Å². The third-order valence-corrected chi connectivity index (χ3v) is 3.47. The van der Waals surface area contributed by atoms with E-state index in [9.17, 15) is 4.79 Å². The van der Waals surface area contributed by atoms with Crippen LogP contribution in [0.25, 0.3) is 5.52 Å². The van der Waals surface area contributed by atoms with Gasteiger partial charge in [-0.1, -0.05) is 6.07 Å². The highest BCUT2D eigenvalue weighted by molar-refractivity contribution is 5.95. The number of hydrogen-bond acceptors (Lipinski definition) is 5. The molecule has 0 aliphatic carbocycles. The minimum atomic E-state index is -0.438. The van der Waals surface area contributed by atoms with E-state index in [1.807, 2.05) is 16.5 Å². The summed E-state index contributed by atoms with van der Waals surface area (Å²) in [7, 11) is 1.35. The van der Waals surface area contributed by atoms with Crippen molar-refractivity contribution in [3.8, 4) is 0 Å². The van der Waals surface area contributed by atoms with Crippen molar-refractivity contribution in [1.82, 2.24) is 14.7 Å². The van der Waals surface area contributed by atoms with Gasteiger partial charge in [-0.3, -0.25) is 4.40 Å². The first-order chi connectivity index (χ1) is 9.22. The van der Waals surface area contributed by atoms with Gasteiger partial charge in [-0.2, -0.15) is 0 Å². The highest BCUT2D eigenvalue weighted by atomic mass is 16.5. The van der Waals surface area contributed by atoms with E-state index in [1.165, 1.54) is 7.11 Å². The number of rotatable bonds is 2. The zero-order chi connectivity index (χ0) is 13.4. The summed E-state index contributed by atoms with van der Waals surface area (Å²) in [5, 5.41) is 3.37. The molecule has 1 fully saturated rings. The molecular formula is C13H16N4O2. The number of nitrogens with one attached hydrogen (secondary N) is 1. The maximum Gasteiger partial charge on any atom is 0.358 e.